The van der Waals surface area contributed by atoms with E-state index in [2.05, 4.69) is 0 Å². The van der Waals surface area contributed by atoms with Gasteiger partial charge >= 0.3 is 5.97 Å². The zero-order chi connectivity index (χ0) is 13.2. The van der Waals surface area contributed by atoms with Crippen LogP contribution in [0.25, 0.3) is 0 Å². The fourth-order valence-electron chi connectivity index (χ4n) is 2.25. The number of hydrogen-bond acceptors (Lipinski definition) is 4. The van der Waals surface area contributed by atoms with Crippen molar-refractivity contribution in [3.8, 4) is 0 Å². The molecule has 2 rings (SSSR count). The van der Waals surface area contributed by atoms with Crippen molar-refractivity contribution in [3.63, 3.8) is 0 Å². The highest BCUT2D eigenvalue weighted by Crippen LogP contribution is 2.22. The van der Waals surface area contributed by atoms with E-state index in [-0.39, 0.29) is 19.8 Å². The monoisotopic (exact) mass is 278 g/mol. The van der Waals surface area contributed by atoms with E-state index in [0.717, 1.165) is 0 Å². The highest BCUT2D eigenvalue weighted by atomic mass is 32.2. The number of nitrogens with zero attached hydrogens (tertiary/aromatic N) is 2. The van der Waals surface area contributed by atoms with Crippen LogP contribution in [0.4, 0.5) is 0 Å². The fourth-order valence-corrected chi connectivity index (χ4v) is 3.82. The van der Waals surface area contributed by atoms with Crippen molar-refractivity contribution in [2.24, 2.45) is 5.92 Å². The predicted octanol–water partition coefficient (Wildman–Crippen LogP) is -0.292. The van der Waals surface area contributed by atoms with E-state index in [0.29, 0.717) is 32.4 Å². The van der Waals surface area contributed by atoms with Gasteiger partial charge in [-0.1, -0.05) is 0 Å². The van der Waals surface area contributed by atoms with E-state index in [1.54, 1.807) is 0 Å². The molecule has 0 radical (unpaired) electrons. The van der Waals surface area contributed by atoms with Gasteiger partial charge < -0.3 is 9.84 Å². The zero-order valence-corrected chi connectivity index (χ0v) is 10.9. The van der Waals surface area contributed by atoms with Gasteiger partial charge in [0.05, 0.1) is 5.92 Å². The minimum absolute atomic E-state index is 0.0984. The second kappa shape index (κ2) is 5.52. The molecule has 0 aromatic heterocycles. The third kappa shape index (κ3) is 2.82. The van der Waals surface area contributed by atoms with Crippen LogP contribution in [0.2, 0.25) is 0 Å². The Bertz CT molecular complexity index is 396. The van der Waals surface area contributed by atoms with Crippen LogP contribution in [0.15, 0.2) is 0 Å². The minimum Gasteiger partial charge on any atom is -0.481 e. The Labute approximate surface area is 106 Å². The summed E-state index contributed by atoms with van der Waals surface area (Å²) in [5, 5.41) is 8.88. The first kappa shape index (κ1) is 13.7. The maximum Gasteiger partial charge on any atom is 0.306 e. The molecule has 104 valence electrons. The molecule has 8 heteroatoms. The summed E-state index contributed by atoms with van der Waals surface area (Å²) >= 11 is 0. The Hall–Kier alpha value is -0.700. The standard InChI is InChI=1S/C10H18N2O5S/c13-10(14)9-2-5-11(6-3-9)18(15,16)12-4-1-7-17-8-12/h9H,1-8H2,(H,13,14). The maximum absolute atomic E-state index is 12.2. The van der Waals surface area contributed by atoms with Gasteiger partial charge in [-0.2, -0.15) is 17.0 Å². The largest absolute Gasteiger partial charge is 0.481 e. The molecule has 2 aliphatic heterocycles. The molecule has 0 aliphatic carbocycles. The van der Waals surface area contributed by atoms with E-state index in [1.807, 2.05) is 0 Å². The Morgan fingerprint density at radius 1 is 1.17 bits per heavy atom. The number of carboxylic acids is 1. The molecule has 0 saturated carbocycles. The van der Waals surface area contributed by atoms with Crippen LogP contribution in [0.1, 0.15) is 19.3 Å². The van der Waals surface area contributed by atoms with Crippen molar-refractivity contribution < 1.29 is 23.1 Å². The van der Waals surface area contributed by atoms with Gasteiger partial charge in [0.1, 0.15) is 6.73 Å². The molecule has 0 atom stereocenters. The van der Waals surface area contributed by atoms with Crippen molar-refractivity contribution in [1.29, 1.82) is 0 Å². The van der Waals surface area contributed by atoms with Crippen LogP contribution in [0, 0.1) is 5.92 Å². The first-order chi connectivity index (χ1) is 8.51. The summed E-state index contributed by atoms with van der Waals surface area (Å²) < 4.78 is 32.3. The van der Waals surface area contributed by atoms with Crippen molar-refractivity contribution in [1.82, 2.24) is 8.61 Å². The van der Waals surface area contributed by atoms with Crippen molar-refractivity contribution in [3.05, 3.63) is 0 Å². The minimum atomic E-state index is -3.49. The van der Waals surface area contributed by atoms with Crippen LogP contribution in [-0.2, 0) is 19.7 Å². The molecule has 2 aliphatic rings. The van der Waals surface area contributed by atoms with Gasteiger partial charge in [-0.15, -0.1) is 0 Å². The summed E-state index contributed by atoms with van der Waals surface area (Å²) in [5.74, 6) is -1.26. The van der Waals surface area contributed by atoms with Crippen molar-refractivity contribution >= 4 is 16.2 Å². The van der Waals surface area contributed by atoms with Gasteiger partial charge in [0, 0.05) is 26.2 Å². The van der Waals surface area contributed by atoms with Crippen LogP contribution in [-0.4, -0.2) is 61.1 Å². The molecule has 0 spiro atoms. The van der Waals surface area contributed by atoms with Crippen LogP contribution < -0.4 is 0 Å². The smallest absolute Gasteiger partial charge is 0.306 e. The molecule has 18 heavy (non-hydrogen) atoms. The summed E-state index contributed by atoms with van der Waals surface area (Å²) in [4.78, 5) is 10.8. The van der Waals surface area contributed by atoms with Gasteiger partial charge in [-0.05, 0) is 19.3 Å². The lowest BCUT2D eigenvalue weighted by molar-refractivity contribution is -0.143. The number of hydrogen-bond donors (Lipinski definition) is 1. The van der Waals surface area contributed by atoms with Gasteiger partial charge in [-0.25, -0.2) is 0 Å². The van der Waals surface area contributed by atoms with E-state index >= 15 is 0 Å². The number of rotatable bonds is 3. The summed E-state index contributed by atoms with van der Waals surface area (Å²) in [7, 11) is -3.49. The normalized spacial score (nSPS) is 25.1. The first-order valence-corrected chi connectivity index (χ1v) is 7.47. The second-order valence-corrected chi connectivity index (χ2v) is 6.51. The van der Waals surface area contributed by atoms with E-state index in [9.17, 15) is 13.2 Å². The first-order valence-electron chi connectivity index (χ1n) is 6.07. The average molecular weight is 278 g/mol. The molecule has 2 fully saturated rings. The highest BCUT2D eigenvalue weighted by molar-refractivity contribution is 7.86. The molecule has 0 amide bonds. The lowest BCUT2D eigenvalue weighted by atomic mass is 9.99. The van der Waals surface area contributed by atoms with Crippen LogP contribution >= 0.6 is 0 Å². The summed E-state index contributed by atoms with van der Waals surface area (Å²) in [5.41, 5.74) is 0. The molecule has 2 saturated heterocycles. The van der Waals surface area contributed by atoms with Gasteiger partial charge in [0.15, 0.2) is 0 Å². The number of piperidine rings is 1. The number of carbonyl (C=O) groups is 1. The zero-order valence-electron chi connectivity index (χ0n) is 10.1. The molecule has 0 aromatic carbocycles. The van der Waals surface area contributed by atoms with E-state index < -0.39 is 22.1 Å². The molecule has 0 unspecified atom stereocenters. The molecule has 7 nitrogen and oxygen atoms in total. The fraction of sp³-hybridized carbons (Fsp3) is 0.900. The quantitative estimate of drug-likeness (QED) is 0.766. The second-order valence-electron chi connectivity index (χ2n) is 4.59. The Kier molecular flexibility index (Phi) is 4.21. The number of ether oxygens (including phenoxy) is 1. The molecule has 0 bridgehead atoms. The van der Waals surface area contributed by atoms with Crippen LogP contribution in [0.3, 0.4) is 0 Å². The summed E-state index contributed by atoms with van der Waals surface area (Å²) in [6.45, 7) is 1.71. The van der Waals surface area contributed by atoms with Crippen molar-refractivity contribution in [2.45, 2.75) is 19.3 Å². The molecule has 2 heterocycles. The van der Waals surface area contributed by atoms with E-state index in [1.165, 1.54) is 8.61 Å². The lowest BCUT2D eigenvalue weighted by Gasteiger charge is -2.35. The maximum atomic E-state index is 12.2. The summed E-state index contributed by atoms with van der Waals surface area (Å²) in [6, 6.07) is 0. The van der Waals surface area contributed by atoms with Crippen molar-refractivity contribution in [2.75, 3.05) is 33.0 Å². The Morgan fingerprint density at radius 2 is 1.83 bits per heavy atom. The number of aliphatic carboxylic acids is 1. The molecule has 0 aromatic rings. The third-order valence-electron chi connectivity index (χ3n) is 3.39. The predicted molar refractivity (Wildman–Crippen MR) is 63.0 cm³/mol. The van der Waals surface area contributed by atoms with Gasteiger partial charge in [-0.3, -0.25) is 4.79 Å². The highest BCUT2D eigenvalue weighted by Gasteiger charge is 2.35. The lowest BCUT2D eigenvalue weighted by Crippen LogP contribution is -2.50. The summed E-state index contributed by atoms with van der Waals surface area (Å²) in [6.07, 6.45) is 1.46. The van der Waals surface area contributed by atoms with E-state index in [4.69, 9.17) is 9.84 Å². The third-order valence-corrected chi connectivity index (χ3v) is 5.35. The Balaban J connectivity index is 1.97. The number of carboxylic acid groups (broad SMARTS) is 1. The molecular weight excluding hydrogens is 260 g/mol. The topological polar surface area (TPSA) is 87.2 Å². The average Bonchev–Trinajstić information content (AvgIpc) is 2.40. The van der Waals surface area contributed by atoms with Gasteiger partial charge in [0.2, 0.25) is 0 Å². The molecule has 1 N–H and O–H groups in total. The Morgan fingerprint density at radius 3 is 2.33 bits per heavy atom. The molecular formula is C10H18N2O5S. The van der Waals surface area contributed by atoms with Gasteiger partial charge in [0.25, 0.3) is 10.2 Å². The SMILES string of the molecule is O=C(O)C1CCN(S(=O)(=O)N2CCCOC2)CC1. The van der Waals surface area contributed by atoms with Crippen LogP contribution in [0.5, 0.6) is 0 Å².